The highest BCUT2D eigenvalue weighted by Gasteiger charge is 1.71. The molecule has 3 N–H and O–H groups in total. The van der Waals surface area contributed by atoms with Crippen molar-refractivity contribution in [2.24, 2.45) is 5.73 Å². The highest BCUT2D eigenvalue weighted by atomic mass is 14.8. The Morgan fingerprint density at radius 3 is 2.57 bits per heavy atom. The van der Waals surface area contributed by atoms with Crippen LogP contribution in [0.4, 0.5) is 0 Å². The molecule has 0 saturated carbocycles. The molecule has 0 aromatic rings. The predicted molar refractivity (Wildman–Crippen MR) is 31.9 cm³/mol. The normalized spacial score (nSPS) is 12.0. The third-order valence-electron chi connectivity index (χ3n) is 0.628. The molecule has 0 aliphatic carbocycles. The summed E-state index contributed by atoms with van der Waals surface area (Å²) in [6.07, 6.45) is 1.93. The number of likely N-dealkylation sites (N-methyl/N-ethyl adjacent to an activating group) is 1. The van der Waals surface area contributed by atoms with Crippen LogP contribution in [0.3, 0.4) is 0 Å². The number of nitrogens with one attached hydrogen (secondary N) is 1. The van der Waals surface area contributed by atoms with Gasteiger partial charge in [-0.15, -0.1) is 0 Å². The summed E-state index contributed by atoms with van der Waals surface area (Å²) >= 11 is 0. The van der Waals surface area contributed by atoms with E-state index in [1.54, 1.807) is 0 Å². The van der Waals surface area contributed by atoms with E-state index in [2.05, 4.69) is 5.32 Å². The first kappa shape index (κ1) is 6.50. The lowest BCUT2D eigenvalue weighted by atomic mass is 10.4. The maximum absolute atomic E-state index is 5.30. The van der Waals surface area contributed by atoms with Crippen molar-refractivity contribution in [2.45, 2.75) is 6.92 Å². The summed E-state index contributed by atoms with van der Waals surface area (Å²) < 4.78 is 0. The molecule has 42 valence electrons. The van der Waals surface area contributed by atoms with Crippen molar-refractivity contribution in [1.29, 1.82) is 0 Å². The van der Waals surface area contributed by atoms with Crippen molar-refractivity contribution in [1.82, 2.24) is 5.32 Å². The number of rotatable bonds is 2. The van der Waals surface area contributed by atoms with Crippen LogP contribution in [0.2, 0.25) is 0 Å². The molecule has 0 heterocycles. The van der Waals surface area contributed by atoms with Crippen molar-refractivity contribution in [3.05, 3.63) is 11.8 Å². The summed E-state index contributed by atoms with van der Waals surface area (Å²) in [5.74, 6) is 0. The van der Waals surface area contributed by atoms with Crippen molar-refractivity contribution >= 4 is 0 Å². The van der Waals surface area contributed by atoms with Gasteiger partial charge in [-0.2, -0.15) is 0 Å². The van der Waals surface area contributed by atoms with Gasteiger partial charge in [-0.05, 0) is 14.0 Å². The van der Waals surface area contributed by atoms with Crippen LogP contribution < -0.4 is 11.1 Å². The number of nitrogens with two attached hydrogens (primary N) is 1. The van der Waals surface area contributed by atoms with Gasteiger partial charge >= 0.3 is 0 Å². The fraction of sp³-hybridized carbons (Fsp3) is 0.600. The van der Waals surface area contributed by atoms with Gasteiger partial charge in [-0.3, -0.25) is 0 Å². The summed E-state index contributed by atoms with van der Waals surface area (Å²) in [4.78, 5) is 0. The van der Waals surface area contributed by atoms with Crippen LogP contribution in [0.25, 0.3) is 0 Å². The van der Waals surface area contributed by atoms with Gasteiger partial charge in [0.25, 0.3) is 0 Å². The molecule has 0 fully saturated rings. The van der Waals surface area contributed by atoms with Crippen LogP contribution >= 0.6 is 0 Å². The lowest BCUT2D eigenvalue weighted by molar-refractivity contribution is 0.911. The lowest BCUT2D eigenvalue weighted by Crippen LogP contribution is -2.06. The van der Waals surface area contributed by atoms with Crippen LogP contribution in [-0.2, 0) is 0 Å². The fourth-order valence-corrected chi connectivity index (χ4v) is 0.263. The quantitative estimate of drug-likeness (QED) is 0.515. The standard InChI is InChI=1S/C5H12N2/c1-5(6)3-4-7-2/h3,7H,4,6H2,1-2H3/b5-3+. The second-order valence-electron chi connectivity index (χ2n) is 1.51. The summed E-state index contributed by atoms with van der Waals surface area (Å²) in [7, 11) is 1.89. The zero-order valence-corrected chi connectivity index (χ0v) is 4.86. The number of hydrogen-bond donors (Lipinski definition) is 2. The predicted octanol–water partition coefficient (Wildman–Crippen LogP) is 0.0683. The summed E-state index contributed by atoms with van der Waals surface area (Å²) in [5.41, 5.74) is 6.17. The first-order valence-corrected chi connectivity index (χ1v) is 2.34. The van der Waals surface area contributed by atoms with Gasteiger partial charge in [-0.25, -0.2) is 0 Å². The Hall–Kier alpha value is -0.500. The Balaban J connectivity index is 3.08. The van der Waals surface area contributed by atoms with Crippen LogP contribution in [0, 0.1) is 0 Å². The zero-order chi connectivity index (χ0) is 5.70. The second-order valence-corrected chi connectivity index (χ2v) is 1.51. The molecule has 0 amide bonds. The SMILES string of the molecule is CNC/C=C(\C)N. The van der Waals surface area contributed by atoms with Gasteiger partial charge in [0.05, 0.1) is 0 Å². The molecule has 0 aliphatic heterocycles. The molecule has 0 saturated heterocycles. The van der Waals surface area contributed by atoms with Crippen molar-refractivity contribution in [3.8, 4) is 0 Å². The molecule has 0 bridgehead atoms. The van der Waals surface area contributed by atoms with E-state index in [0.29, 0.717) is 0 Å². The Bertz CT molecular complexity index is 62.5. The van der Waals surface area contributed by atoms with Gasteiger partial charge in [-0.1, -0.05) is 6.08 Å². The van der Waals surface area contributed by atoms with E-state index in [1.165, 1.54) is 0 Å². The number of allylic oxidation sites excluding steroid dienone is 1. The Kier molecular flexibility index (Phi) is 3.42. The monoisotopic (exact) mass is 100 g/mol. The maximum Gasteiger partial charge on any atom is 0.0151 e. The van der Waals surface area contributed by atoms with Crippen molar-refractivity contribution < 1.29 is 0 Å². The molecule has 2 nitrogen and oxygen atoms in total. The molecule has 0 aliphatic rings. The van der Waals surface area contributed by atoms with E-state index in [9.17, 15) is 0 Å². The molecule has 0 spiro atoms. The van der Waals surface area contributed by atoms with Crippen LogP contribution in [0.1, 0.15) is 6.92 Å². The van der Waals surface area contributed by atoms with Crippen LogP contribution in [0.5, 0.6) is 0 Å². The minimum Gasteiger partial charge on any atom is -0.402 e. The molecule has 0 rings (SSSR count). The molecular formula is C5H12N2. The van der Waals surface area contributed by atoms with E-state index >= 15 is 0 Å². The summed E-state index contributed by atoms with van der Waals surface area (Å²) in [6, 6.07) is 0. The van der Waals surface area contributed by atoms with Crippen molar-refractivity contribution in [3.63, 3.8) is 0 Å². The highest BCUT2D eigenvalue weighted by Crippen LogP contribution is 1.73. The summed E-state index contributed by atoms with van der Waals surface area (Å²) in [6.45, 7) is 2.74. The topological polar surface area (TPSA) is 38.0 Å². The molecule has 0 radical (unpaired) electrons. The average molecular weight is 100 g/mol. The lowest BCUT2D eigenvalue weighted by Gasteiger charge is -1.88. The third-order valence-corrected chi connectivity index (χ3v) is 0.628. The van der Waals surface area contributed by atoms with Gasteiger partial charge in [0.1, 0.15) is 0 Å². The molecule has 0 atom stereocenters. The highest BCUT2D eigenvalue weighted by molar-refractivity contribution is 4.92. The van der Waals surface area contributed by atoms with E-state index in [-0.39, 0.29) is 0 Å². The van der Waals surface area contributed by atoms with Gasteiger partial charge in [0.2, 0.25) is 0 Å². The zero-order valence-electron chi connectivity index (χ0n) is 4.86. The molecule has 7 heavy (non-hydrogen) atoms. The van der Waals surface area contributed by atoms with Crippen molar-refractivity contribution in [2.75, 3.05) is 13.6 Å². The van der Waals surface area contributed by atoms with E-state index < -0.39 is 0 Å². The third kappa shape index (κ3) is 5.50. The first-order chi connectivity index (χ1) is 3.27. The molecule has 0 aromatic carbocycles. The van der Waals surface area contributed by atoms with E-state index in [4.69, 9.17) is 5.73 Å². The van der Waals surface area contributed by atoms with Gasteiger partial charge < -0.3 is 11.1 Å². The molecule has 2 heteroatoms. The van der Waals surface area contributed by atoms with E-state index in [0.717, 1.165) is 12.2 Å². The van der Waals surface area contributed by atoms with Gasteiger partial charge in [0, 0.05) is 12.2 Å². The second kappa shape index (κ2) is 3.68. The smallest absolute Gasteiger partial charge is 0.0151 e. The number of hydrogen-bond acceptors (Lipinski definition) is 2. The Morgan fingerprint density at radius 1 is 1.86 bits per heavy atom. The minimum absolute atomic E-state index is 0.863. The van der Waals surface area contributed by atoms with Gasteiger partial charge in [0.15, 0.2) is 0 Å². The van der Waals surface area contributed by atoms with E-state index in [1.807, 2.05) is 20.0 Å². The summed E-state index contributed by atoms with van der Waals surface area (Å²) in [5, 5.41) is 2.94. The first-order valence-electron chi connectivity index (χ1n) is 2.34. The Labute approximate surface area is 44.4 Å². The fourth-order valence-electron chi connectivity index (χ4n) is 0.263. The minimum atomic E-state index is 0.863. The molecular weight excluding hydrogens is 88.1 g/mol. The molecule has 0 unspecified atom stereocenters. The maximum atomic E-state index is 5.30. The average Bonchev–Trinajstić information content (AvgIpc) is 1.61. The molecule has 0 aromatic heterocycles. The van der Waals surface area contributed by atoms with Crippen LogP contribution in [-0.4, -0.2) is 13.6 Å². The largest absolute Gasteiger partial charge is 0.402 e. The Morgan fingerprint density at radius 2 is 2.43 bits per heavy atom. The van der Waals surface area contributed by atoms with Crippen LogP contribution in [0.15, 0.2) is 11.8 Å².